The largest absolute Gasteiger partial charge is 0.302 e. The van der Waals surface area contributed by atoms with Crippen LogP contribution >= 0.6 is 0 Å². The summed E-state index contributed by atoms with van der Waals surface area (Å²) >= 11 is 0. The quantitative estimate of drug-likeness (QED) is 0.752. The predicted octanol–water partition coefficient (Wildman–Crippen LogP) is 2.74. The average Bonchev–Trinajstić information content (AvgIpc) is 2.40. The molecule has 0 amide bonds. The molecule has 0 spiro atoms. The number of pyridine rings is 1. The zero-order valence-corrected chi connectivity index (χ0v) is 10.1. The second-order valence-electron chi connectivity index (χ2n) is 3.87. The standard InChI is InChI=1S/C14H16N2O/c1-16(17-2)11-13-6-3-4-8-14(13)12-7-5-9-15-10-12/h3-10H,11H2,1-2H3. The normalized spacial score (nSPS) is 10.8. The van der Waals surface area contributed by atoms with E-state index in [-0.39, 0.29) is 0 Å². The van der Waals surface area contributed by atoms with E-state index in [0.717, 1.165) is 12.1 Å². The van der Waals surface area contributed by atoms with Gasteiger partial charge in [-0.15, -0.1) is 0 Å². The number of rotatable bonds is 4. The number of hydrogen-bond donors (Lipinski definition) is 0. The lowest BCUT2D eigenvalue weighted by molar-refractivity contribution is -0.116. The van der Waals surface area contributed by atoms with Crippen molar-refractivity contribution >= 4 is 0 Å². The summed E-state index contributed by atoms with van der Waals surface area (Å²) in [6.07, 6.45) is 3.67. The molecule has 0 N–H and O–H groups in total. The summed E-state index contributed by atoms with van der Waals surface area (Å²) in [5, 5.41) is 1.80. The minimum absolute atomic E-state index is 0.752. The molecule has 0 atom stereocenters. The van der Waals surface area contributed by atoms with E-state index < -0.39 is 0 Å². The van der Waals surface area contributed by atoms with Gasteiger partial charge in [-0.1, -0.05) is 30.3 Å². The van der Waals surface area contributed by atoms with Crippen LogP contribution in [0.25, 0.3) is 11.1 Å². The molecule has 3 heteroatoms. The number of nitrogens with zero attached hydrogens (tertiary/aromatic N) is 2. The molecule has 0 fully saturated rings. The molecule has 1 aromatic carbocycles. The molecule has 0 aliphatic carbocycles. The summed E-state index contributed by atoms with van der Waals surface area (Å²) < 4.78 is 0. The van der Waals surface area contributed by atoms with Gasteiger partial charge in [0.15, 0.2) is 0 Å². The van der Waals surface area contributed by atoms with Crippen LogP contribution in [0.3, 0.4) is 0 Å². The molecule has 0 radical (unpaired) electrons. The number of hydrogen-bond acceptors (Lipinski definition) is 3. The van der Waals surface area contributed by atoms with E-state index in [0.29, 0.717) is 0 Å². The molecule has 3 nitrogen and oxygen atoms in total. The van der Waals surface area contributed by atoms with Crippen LogP contribution in [0.2, 0.25) is 0 Å². The van der Waals surface area contributed by atoms with Crippen molar-refractivity contribution in [2.24, 2.45) is 0 Å². The zero-order chi connectivity index (χ0) is 12.1. The van der Waals surface area contributed by atoms with Crippen molar-refractivity contribution in [3.63, 3.8) is 0 Å². The molecule has 0 bridgehead atoms. The fourth-order valence-electron chi connectivity index (χ4n) is 1.77. The van der Waals surface area contributed by atoms with Crippen LogP contribution in [0.15, 0.2) is 48.8 Å². The maximum absolute atomic E-state index is 5.16. The first-order valence-electron chi connectivity index (χ1n) is 5.55. The first-order chi connectivity index (χ1) is 8.31. The summed E-state index contributed by atoms with van der Waals surface area (Å²) in [4.78, 5) is 9.32. The second kappa shape index (κ2) is 5.57. The van der Waals surface area contributed by atoms with Gasteiger partial charge in [0.05, 0.1) is 7.11 Å². The summed E-state index contributed by atoms with van der Waals surface area (Å²) in [5.74, 6) is 0. The van der Waals surface area contributed by atoms with Gasteiger partial charge in [-0.3, -0.25) is 4.98 Å². The molecule has 0 saturated carbocycles. The highest BCUT2D eigenvalue weighted by Crippen LogP contribution is 2.23. The molecular weight excluding hydrogens is 212 g/mol. The van der Waals surface area contributed by atoms with Crippen molar-refractivity contribution in [2.45, 2.75) is 6.54 Å². The van der Waals surface area contributed by atoms with Gasteiger partial charge in [-0.05, 0) is 17.2 Å². The number of benzene rings is 1. The Bertz CT molecular complexity index is 471. The van der Waals surface area contributed by atoms with Crippen LogP contribution in [-0.4, -0.2) is 24.2 Å². The van der Waals surface area contributed by atoms with E-state index in [9.17, 15) is 0 Å². The lowest BCUT2D eigenvalue weighted by Gasteiger charge is -2.16. The fraction of sp³-hybridized carbons (Fsp3) is 0.214. The van der Waals surface area contributed by atoms with Crippen LogP contribution in [0.5, 0.6) is 0 Å². The number of aromatic nitrogens is 1. The Labute approximate surface area is 102 Å². The SMILES string of the molecule is CON(C)Cc1ccccc1-c1cccnc1. The van der Waals surface area contributed by atoms with Gasteiger partial charge in [0.25, 0.3) is 0 Å². The highest BCUT2D eigenvalue weighted by atomic mass is 16.7. The van der Waals surface area contributed by atoms with E-state index in [4.69, 9.17) is 4.84 Å². The molecule has 88 valence electrons. The van der Waals surface area contributed by atoms with Gasteiger partial charge >= 0.3 is 0 Å². The summed E-state index contributed by atoms with van der Waals surface area (Å²) in [7, 11) is 3.59. The Hall–Kier alpha value is -1.71. The third-order valence-corrected chi connectivity index (χ3v) is 2.69. The highest BCUT2D eigenvalue weighted by Gasteiger charge is 2.06. The maximum atomic E-state index is 5.16. The zero-order valence-electron chi connectivity index (χ0n) is 10.1. The molecule has 0 aliphatic heterocycles. The first-order valence-corrected chi connectivity index (χ1v) is 5.55. The molecular formula is C14H16N2O. The highest BCUT2D eigenvalue weighted by molar-refractivity contribution is 5.66. The Morgan fingerprint density at radius 2 is 2.00 bits per heavy atom. The van der Waals surface area contributed by atoms with Crippen molar-refractivity contribution in [2.75, 3.05) is 14.2 Å². The van der Waals surface area contributed by atoms with Gasteiger partial charge < -0.3 is 4.84 Å². The van der Waals surface area contributed by atoms with Crippen molar-refractivity contribution in [3.8, 4) is 11.1 Å². The van der Waals surface area contributed by atoms with E-state index >= 15 is 0 Å². The summed E-state index contributed by atoms with van der Waals surface area (Å²) in [6.45, 7) is 0.752. The second-order valence-corrected chi connectivity index (χ2v) is 3.87. The average molecular weight is 228 g/mol. The lowest BCUT2D eigenvalue weighted by Crippen LogP contribution is -2.16. The Kier molecular flexibility index (Phi) is 3.85. The summed E-state index contributed by atoms with van der Waals surface area (Å²) in [5.41, 5.74) is 3.56. The molecule has 0 saturated heterocycles. The van der Waals surface area contributed by atoms with Gasteiger partial charge in [0.1, 0.15) is 0 Å². The Morgan fingerprint density at radius 3 is 2.71 bits per heavy atom. The maximum Gasteiger partial charge on any atom is 0.0575 e. The van der Waals surface area contributed by atoms with Gasteiger partial charge in [0.2, 0.25) is 0 Å². The molecule has 1 heterocycles. The van der Waals surface area contributed by atoms with Crippen LogP contribution in [-0.2, 0) is 11.4 Å². The van der Waals surface area contributed by atoms with Gasteiger partial charge in [-0.25, -0.2) is 0 Å². The third-order valence-electron chi connectivity index (χ3n) is 2.69. The van der Waals surface area contributed by atoms with E-state index in [2.05, 4.69) is 23.2 Å². The summed E-state index contributed by atoms with van der Waals surface area (Å²) in [6, 6.07) is 12.3. The van der Waals surface area contributed by atoms with E-state index in [1.165, 1.54) is 11.1 Å². The van der Waals surface area contributed by atoms with Crippen molar-refractivity contribution in [3.05, 3.63) is 54.4 Å². The van der Waals surface area contributed by atoms with E-state index in [1.54, 1.807) is 18.4 Å². The lowest BCUT2D eigenvalue weighted by atomic mass is 10.0. The Morgan fingerprint density at radius 1 is 1.18 bits per heavy atom. The number of hydroxylamine groups is 2. The van der Waals surface area contributed by atoms with Gasteiger partial charge in [-0.2, -0.15) is 5.06 Å². The van der Waals surface area contributed by atoms with Crippen LogP contribution < -0.4 is 0 Å². The minimum atomic E-state index is 0.752. The third kappa shape index (κ3) is 2.90. The monoisotopic (exact) mass is 228 g/mol. The molecule has 1 aromatic heterocycles. The molecule has 0 aliphatic rings. The predicted molar refractivity (Wildman–Crippen MR) is 68.1 cm³/mol. The van der Waals surface area contributed by atoms with Crippen LogP contribution in [0.1, 0.15) is 5.56 Å². The van der Waals surface area contributed by atoms with Gasteiger partial charge in [0, 0.05) is 31.5 Å². The van der Waals surface area contributed by atoms with Crippen LogP contribution in [0.4, 0.5) is 0 Å². The molecule has 2 rings (SSSR count). The van der Waals surface area contributed by atoms with Crippen molar-refractivity contribution < 1.29 is 4.84 Å². The Balaban J connectivity index is 2.34. The van der Waals surface area contributed by atoms with Crippen LogP contribution in [0, 0.1) is 0 Å². The molecule has 0 unspecified atom stereocenters. The van der Waals surface area contributed by atoms with Crippen molar-refractivity contribution in [1.82, 2.24) is 10.0 Å². The fourth-order valence-corrected chi connectivity index (χ4v) is 1.77. The van der Waals surface area contributed by atoms with E-state index in [1.807, 2.05) is 31.4 Å². The smallest absolute Gasteiger partial charge is 0.0575 e. The molecule has 2 aromatic rings. The first kappa shape index (κ1) is 11.8. The topological polar surface area (TPSA) is 25.4 Å². The molecule has 17 heavy (non-hydrogen) atoms. The van der Waals surface area contributed by atoms with Crippen molar-refractivity contribution in [1.29, 1.82) is 0 Å². The minimum Gasteiger partial charge on any atom is -0.302 e.